The van der Waals surface area contributed by atoms with Crippen molar-refractivity contribution in [3.63, 3.8) is 0 Å². The number of ether oxygens (including phenoxy) is 6. The highest BCUT2D eigenvalue weighted by Crippen LogP contribution is 2.58. The fourth-order valence-corrected chi connectivity index (χ4v) is 6.08. The zero-order chi connectivity index (χ0) is 31.2. The molecule has 1 aliphatic heterocycles. The lowest BCUT2D eigenvalue weighted by atomic mass is 9.68. The van der Waals surface area contributed by atoms with Gasteiger partial charge in [0.25, 0.3) is 5.91 Å². The van der Waals surface area contributed by atoms with E-state index >= 15 is 0 Å². The second kappa shape index (κ2) is 11.0. The lowest BCUT2D eigenvalue weighted by Gasteiger charge is -2.42. The van der Waals surface area contributed by atoms with Crippen LogP contribution in [0.25, 0.3) is 0 Å². The van der Waals surface area contributed by atoms with E-state index in [1.54, 1.807) is 42.6 Å². The van der Waals surface area contributed by atoms with Crippen LogP contribution >= 0.6 is 0 Å². The Balaban J connectivity index is 1.80. The summed E-state index contributed by atoms with van der Waals surface area (Å²) in [6.45, 7) is 0. The molecule has 1 amide bonds. The van der Waals surface area contributed by atoms with Crippen molar-refractivity contribution in [2.75, 3.05) is 42.7 Å². The van der Waals surface area contributed by atoms with E-state index in [1.807, 2.05) is 30.3 Å². The number of benzene rings is 4. The van der Waals surface area contributed by atoms with Crippen molar-refractivity contribution in [2.45, 2.75) is 5.54 Å². The Labute approximate surface area is 254 Å². The topological polar surface area (TPSA) is 105 Å². The predicted molar refractivity (Wildman–Crippen MR) is 162 cm³/mol. The molecule has 2 aliphatic rings. The number of nitrogens with zero attached hydrogens (tertiary/aromatic N) is 2. The molecule has 1 spiro atoms. The van der Waals surface area contributed by atoms with E-state index in [0.717, 1.165) is 5.56 Å². The summed E-state index contributed by atoms with van der Waals surface area (Å²) in [6, 6.07) is 19.5. The first-order valence-corrected chi connectivity index (χ1v) is 13.7. The molecule has 10 nitrogen and oxygen atoms in total. The Kier molecular flexibility index (Phi) is 7.12. The molecule has 224 valence electrons. The molecule has 0 unspecified atom stereocenters. The third-order valence-electron chi connectivity index (χ3n) is 8.09. The number of rotatable bonds is 8. The Bertz CT molecular complexity index is 1770. The van der Waals surface area contributed by atoms with Gasteiger partial charge in [-0.3, -0.25) is 9.59 Å². The smallest absolute Gasteiger partial charge is 0.276 e. The van der Waals surface area contributed by atoms with Gasteiger partial charge in [0.2, 0.25) is 0 Å². The summed E-state index contributed by atoms with van der Waals surface area (Å²) in [4.78, 5) is 28.8. The number of carbonyl (C=O) groups excluding carboxylic acids is 2. The van der Waals surface area contributed by atoms with Crippen LogP contribution in [0.15, 0.2) is 71.8 Å². The maximum atomic E-state index is 14.5. The number of hydrogen-bond donors (Lipinski definition) is 0. The molecule has 1 heterocycles. The van der Waals surface area contributed by atoms with Gasteiger partial charge in [-0.15, -0.1) is 0 Å². The number of carbonyl (C=O) groups is 2. The van der Waals surface area contributed by atoms with Crippen LogP contribution in [-0.4, -0.2) is 65.6 Å². The molecular weight excluding hydrogens is 564 g/mol. The third kappa shape index (κ3) is 3.98. The van der Waals surface area contributed by atoms with Gasteiger partial charge in [0, 0.05) is 27.8 Å². The van der Waals surface area contributed by atoms with Crippen LogP contribution in [0.5, 0.6) is 34.5 Å². The van der Waals surface area contributed by atoms with Crippen molar-refractivity contribution in [3.05, 3.63) is 106 Å². The maximum absolute atomic E-state index is 14.5. The summed E-state index contributed by atoms with van der Waals surface area (Å²) in [5.41, 5.74) is 1.68. The highest BCUT2D eigenvalue weighted by molar-refractivity contribution is 6.16. The molecule has 4 aromatic carbocycles. The van der Waals surface area contributed by atoms with E-state index in [9.17, 15) is 9.59 Å². The lowest BCUT2D eigenvalue weighted by molar-refractivity contribution is 0.0675. The second-order valence-corrected chi connectivity index (χ2v) is 10.1. The zero-order valence-corrected chi connectivity index (χ0v) is 25.1. The van der Waals surface area contributed by atoms with Crippen LogP contribution < -0.4 is 28.4 Å². The summed E-state index contributed by atoms with van der Waals surface area (Å²) in [6.07, 6.45) is 1.61. The van der Waals surface area contributed by atoms with Gasteiger partial charge in [-0.25, -0.2) is 5.01 Å². The summed E-state index contributed by atoms with van der Waals surface area (Å²) >= 11 is 0. The maximum Gasteiger partial charge on any atom is 0.276 e. The number of methoxy groups -OCH3 is 6. The molecule has 0 fully saturated rings. The van der Waals surface area contributed by atoms with Crippen molar-refractivity contribution in [2.24, 2.45) is 5.10 Å². The molecule has 0 saturated heterocycles. The molecule has 1 aliphatic carbocycles. The number of fused-ring (bicyclic) bond motifs is 6. The fourth-order valence-electron chi connectivity index (χ4n) is 6.08. The van der Waals surface area contributed by atoms with Crippen molar-refractivity contribution in [3.8, 4) is 34.5 Å². The summed E-state index contributed by atoms with van der Waals surface area (Å²) in [5, 5.41) is 6.21. The molecular formula is C34H30N2O8. The van der Waals surface area contributed by atoms with Gasteiger partial charge in [0.1, 0.15) is 5.54 Å². The normalized spacial score (nSPS) is 14.3. The van der Waals surface area contributed by atoms with Crippen molar-refractivity contribution in [1.82, 2.24) is 5.01 Å². The number of hydrazone groups is 1. The highest BCUT2D eigenvalue weighted by Gasteiger charge is 2.58. The minimum atomic E-state index is -1.48. The van der Waals surface area contributed by atoms with Crippen LogP contribution in [0.1, 0.15) is 48.5 Å². The van der Waals surface area contributed by atoms with Crippen molar-refractivity contribution >= 4 is 17.9 Å². The first kappa shape index (κ1) is 28.6. The van der Waals surface area contributed by atoms with Crippen molar-refractivity contribution in [1.29, 1.82) is 0 Å². The van der Waals surface area contributed by atoms with E-state index in [4.69, 9.17) is 33.5 Å². The van der Waals surface area contributed by atoms with Gasteiger partial charge >= 0.3 is 0 Å². The molecule has 0 bridgehead atoms. The Morgan fingerprint density at radius 2 is 0.955 bits per heavy atom. The van der Waals surface area contributed by atoms with E-state index in [-0.39, 0.29) is 5.78 Å². The van der Waals surface area contributed by atoms with E-state index < -0.39 is 11.4 Å². The van der Waals surface area contributed by atoms with Gasteiger partial charge in [-0.2, -0.15) is 5.10 Å². The van der Waals surface area contributed by atoms with Crippen LogP contribution in [0.4, 0.5) is 0 Å². The van der Waals surface area contributed by atoms with Gasteiger partial charge in [0.05, 0.1) is 54.4 Å². The van der Waals surface area contributed by atoms with E-state index in [1.165, 1.54) is 47.7 Å². The largest absolute Gasteiger partial charge is 0.493 e. The van der Waals surface area contributed by atoms with Gasteiger partial charge < -0.3 is 28.4 Å². The molecule has 6 rings (SSSR count). The second-order valence-electron chi connectivity index (χ2n) is 10.1. The van der Waals surface area contributed by atoms with E-state index in [0.29, 0.717) is 67.9 Å². The van der Waals surface area contributed by atoms with Crippen LogP contribution in [0.2, 0.25) is 0 Å². The molecule has 0 radical (unpaired) electrons. The Hall–Kier alpha value is -5.51. The number of amides is 1. The van der Waals surface area contributed by atoms with Gasteiger partial charge in [0.15, 0.2) is 40.3 Å². The van der Waals surface area contributed by atoms with Gasteiger partial charge in [-0.05, 0) is 42.0 Å². The Morgan fingerprint density at radius 3 is 1.39 bits per heavy atom. The monoisotopic (exact) mass is 594 g/mol. The standard InChI is InChI=1S/C34H30N2O8/c1-39-26-12-20-23(15-29(26)42-4)34(24-16-30(43-5)27(40-2)13-21(24)32(20)37)25-17-31(44-6)28(41-3)14-22(25)33(38)36(34)35-18-19-10-8-7-9-11-19/h7-18H,1-6H3/b35-18+. The van der Waals surface area contributed by atoms with Crippen LogP contribution in [-0.2, 0) is 5.54 Å². The quantitative estimate of drug-likeness (QED) is 0.261. The molecule has 0 N–H and O–H groups in total. The minimum Gasteiger partial charge on any atom is -0.493 e. The first-order valence-electron chi connectivity index (χ1n) is 13.7. The summed E-state index contributed by atoms with van der Waals surface area (Å²) < 4.78 is 33.9. The van der Waals surface area contributed by atoms with Crippen LogP contribution in [0.3, 0.4) is 0 Å². The molecule has 10 heteroatoms. The molecule has 44 heavy (non-hydrogen) atoms. The molecule has 0 saturated carbocycles. The van der Waals surface area contributed by atoms with E-state index in [2.05, 4.69) is 0 Å². The highest BCUT2D eigenvalue weighted by atomic mass is 16.5. The summed E-state index contributed by atoms with van der Waals surface area (Å²) in [5.74, 6) is 1.51. The lowest BCUT2D eigenvalue weighted by Crippen LogP contribution is -2.47. The molecule has 0 atom stereocenters. The molecule has 0 aromatic heterocycles. The Morgan fingerprint density at radius 1 is 0.568 bits per heavy atom. The fraction of sp³-hybridized carbons (Fsp3) is 0.206. The third-order valence-corrected chi connectivity index (χ3v) is 8.09. The summed E-state index contributed by atoms with van der Waals surface area (Å²) in [7, 11) is 9.04. The minimum absolute atomic E-state index is 0.295. The first-order chi connectivity index (χ1) is 21.4. The van der Waals surface area contributed by atoms with Crippen LogP contribution in [0, 0.1) is 0 Å². The average Bonchev–Trinajstić information content (AvgIpc) is 3.31. The van der Waals surface area contributed by atoms with Crippen molar-refractivity contribution < 1.29 is 38.0 Å². The predicted octanol–water partition coefficient (Wildman–Crippen LogP) is 5.06. The number of ketones is 1. The zero-order valence-electron chi connectivity index (χ0n) is 25.1. The van der Waals surface area contributed by atoms with Gasteiger partial charge in [-0.1, -0.05) is 30.3 Å². The average molecular weight is 595 g/mol. The number of hydrogen-bond acceptors (Lipinski definition) is 9. The molecule has 4 aromatic rings. The SMILES string of the molecule is COc1cc2c(cc1OC)C1(c3cc(OC)c(OC)cc3C2=O)c2cc(OC)c(OC)cc2C(=O)N1/N=C/c1ccccc1.